The highest BCUT2D eigenvalue weighted by molar-refractivity contribution is 5.94. The number of rotatable bonds is 4. The van der Waals surface area contributed by atoms with Crippen molar-refractivity contribution in [1.29, 1.82) is 0 Å². The van der Waals surface area contributed by atoms with Gasteiger partial charge in [-0.05, 0) is 62.3 Å². The molecule has 0 aromatic heterocycles. The minimum Gasteiger partial charge on any atom is -0.481 e. The van der Waals surface area contributed by atoms with Crippen molar-refractivity contribution in [2.24, 2.45) is 11.8 Å². The van der Waals surface area contributed by atoms with Crippen LogP contribution in [0.4, 0.5) is 5.69 Å². The number of likely N-dealkylation sites (tertiary alicyclic amines) is 1. The molecule has 5 nitrogen and oxygen atoms in total. The van der Waals surface area contributed by atoms with E-state index in [1.54, 1.807) is 4.90 Å². The first kappa shape index (κ1) is 16.8. The van der Waals surface area contributed by atoms with Crippen molar-refractivity contribution in [2.75, 3.05) is 18.4 Å². The quantitative estimate of drug-likeness (QED) is 0.889. The van der Waals surface area contributed by atoms with Crippen molar-refractivity contribution in [3.63, 3.8) is 0 Å². The number of nitrogens with one attached hydrogen (secondary N) is 1. The summed E-state index contributed by atoms with van der Waals surface area (Å²) >= 11 is 0. The molecular formula is C19H26N2O3. The summed E-state index contributed by atoms with van der Waals surface area (Å²) < 4.78 is 0. The molecule has 2 N–H and O–H groups in total. The average Bonchev–Trinajstić information content (AvgIpc) is 3.00. The summed E-state index contributed by atoms with van der Waals surface area (Å²) in [6, 6.07) is 8.22. The summed E-state index contributed by atoms with van der Waals surface area (Å²) in [5.41, 5.74) is 1.74. The number of nitrogens with zero attached hydrogens (tertiary/aromatic N) is 1. The summed E-state index contributed by atoms with van der Waals surface area (Å²) in [6.45, 7) is 3.34. The van der Waals surface area contributed by atoms with Gasteiger partial charge in [-0.2, -0.15) is 0 Å². The SMILES string of the molecule is CC1CCC(Nc2ccc(C(=O)N3CCC(C(=O)O)CC3)cc2)C1. The van der Waals surface area contributed by atoms with Gasteiger partial charge in [-0.3, -0.25) is 9.59 Å². The molecule has 1 saturated carbocycles. The molecule has 1 aliphatic carbocycles. The molecule has 1 amide bonds. The minimum atomic E-state index is -0.751. The Morgan fingerprint density at radius 2 is 1.75 bits per heavy atom. The third-order valence-electron chi connectivity index (χ3n) is 5.33. The molecule has 2 aliphatic rings. The maximum atomic E-state index is 12.5. The Labute approximate surface area is 143 Å². The second kappa shape index (κ2) is 7.24. The molecule has 24 heavy (non-hydrogen) atoms. The Bertz CT molecular complexity index is 591. The first-order chi connectivity index (χ1) is 11.5. The van der Waals surface area contributed by atoms with E-state index in [0.717, 1.165) is 11.6 Å². The minimum absolute atomic E-state index is 0.000114. The third-order valence-corrected chi connectivity index (χ3v) is 5.33. The van der Waals surface area contributed by atoms with Gasteiger partial charge in [-0.15, -0.1) is 0 Å². The van der Waals surface area contributed by atoms with Gasteiger partial charge >= 0.3 is 5.97 Å². The van der Waals surface area contributed by atoms with Crippen molar-refractivity contribution in [1.82, 2.24) is 4.90 Å². The molecule has 3 rings (SSSR count). The van der Waals surface area contributed by atoms with Crippen LogP contribution in [0.5, 0.6) is 0 Å². The van der Waals surface area contributed by atoms with Crippen molar-refractivity contribution < 1.29 is 14.7 Å². The maximum absolute atomic E-state index is 12.5. The van der Waals surface area contributed by atoms with Crippen LogP contribution in [0, 0.1) is 11.8 Å². The van der Waals surface area contributed by atoms with Crippen molar-refractivity contribution in [2.45, 2.75) is 45.1 Å². The number of hydrogen-bond acceptors (Lipinski definition) is 3. The summed E-state index contributed by atoms with van der Waals surface area (Å²) in [7, 11) is 0. The molecule has 1 aromatic rings. The number of carboxylic acids is 1. The van der Waals surface area contributed by atoms with Crippen molar-refractivity contribution >= 4 is 17.6 Å². The van der Waals surface area contributed by atoms with Crippen LogP contribution >= 0.6 is 0 Å². The van der Waals surface area contributed by atoms with Crippen LogP contribution in [-0.2, 0) is 4.79 Å². The molecule has 0 radical (unpaired) electrons. The monoisotopic (exact) mass is 330 g/mol. The molecule has 2 fully saturated rings. The zero-order chi connectivity index (χ0) is 17.1. The fourth-order valence-corrected chi connectivity index (χ4v) is 3.80. The third kappa shape index (κ3) is 3.89. The highest BCUT2D eigenvalue weighted by Gasteiger charge is 2.27. The number of aliphatic carboxylic acids is 1. The zero-order valence-electron chi connectivity index (χ0n) is 14.2. The highest BCUT2D eigenvalue weighted by atomic mass is 16.4. The Morgan fingerprint density at radius 3 is 2.29 bits per heavy atom. The van der Waals surface area contributed by atoms with E-state index in [-0.39, 0.29) is 11.8 Å². The maximum Gasteiger partial charge on any atom is 0.306 e. The molecule has 1 aliphatic heterocycles. The first-order valence-electron chi connectivity index (χ1n) is 8.91. The number of amides is 1. The topological polar surface area (TPSA) is 69.6 Å². The number of anilines is 1. The van der Waals surface area contributed by atoms with Gasteiger partial charge in [-0.25, -0.2) is 0 Å². The molecule has 5 heteroatoms. The van der Waals surface area contributed by atoms with Gasteiger partial charge in [0, 0.05) is 30.4 Å². The molecule has 1 heterocycles. The molecule has 2 atom stereocenters. The number of piperidine rings is 1. The van der Waals surface area contributed by atoms with Crippen LogP contribution in [0.15, 0.2) is 24.3 Å². The summed E-state index contributed by atoms with van der Waals surface area (Å²) in [6.07, 6.45) is 4.78. The lowest BCUT2D eigenvalue weighted by Crippen LogP contribution is -2.40. The zero-order valence-corrected chi connectivity index (χ0v) is 14.2. The smallest absolute Gasteiger partial charge is 0.306 e. The molecule has 0 bridgehead atoms. The Kier molecular flexibility index (Phi) is 5.07. The summed E-state index contributed by atoms with van der Waals surface area (Å²) in [5, 5.41) is 12.6. The second-order valence-electron chi connectivity index (χ2n) is 7.24. The van der Waals surface area contributed by atoms with Gasteiger partial charge < -0.3 is 15.3 Å². The fraction of sp³-hybridized carbons (Fsp3) is 0.579. The Morgan fingerprint density at radius 1 is 1.08 bits per heavy atom. The Hall–Kier alpha value is -2.04. The predicted octanol–water partition coefficient (Wildman–Crippen LogP) is 3.22. The van der Waals surface area contributed by atoms with Gasteiger partial charge in [-0.1, -0.05) is 6.92 Å². The van der Waals surface area contributed by atoms with Gasteiger partial charge in [0.1, 0.15) is 0 Å². The van der Waals surface area contributed by atoms with Crippen LogP contribution in [0.2, 0.25) is 0 Å². The number of benzene rings is 1. The number of hydrogen-bond donors (Lipinski definition) is 2. The number of carbonyl (C=O) groups is 2. The van der Waals surface area contributed by atoms with E-state index >= 15 is 0 Å². The fourth-order valence-electron chi connectivity index (χ4n) is 3.80. The summed E-state index contributed by atoms with van der Waals surface area (Å²) in [5.74, 6) is -0.273. The van der Waals surface area contributed by atoms with Gasteiger partial charge in [0.2, 0.25) is 0 Å². The van der Waals surface area contributed by atoms with E-state index in [1.807, 2.05) is 24.3 Å². The van der Waals surface area contributed by atoms with E-state index in [2.05, 4.69) is 12.2 Å². The van der Waals surface area contributed by atoms with Crippen LogP contribution in [0.1, 0.15) is 49.4 Å². The van der Waals surface area contributed by atoms with Crippen molar-refractivity contribution in [3.05, 3.63) is 29.8 Å². The highest BCUT2D eigenvalue weighted by Crippen LogP contribution is 2.27. The average molecular weight is 330 g/mol. The van der Waals surface area contributed by atoms with Crippen LogP contribution in [-0.4, -0.2) is 41.0 Å². The molecule has 130 valence electrons. The standard InChI is InChI=1S/C19H26N2O3/c1-13-2-5-17(12-13)20-16-6-3-14(4-7-16)18(22)21-10-8-15(9-11-21)19(23)24/h3-4,6-7,13,15,17,20H,2,5,8-12H2,1H3,(H,23,24). The van der Waals surface area contributed by atoms with Crippen LogP contribution in [0.3, 0.4) is 0 Å². The lowest BCUT2D eigenvalue weighted by Gasteiger charge is -2.30. The van der Waals surface area contributed by atoms with E-state index < -0.39 is 5.97 Å². The molecule has 1 saturated heterocycles. The largest absolute Gasteiger partial charge is 0.481 e. The van der Waals surface area contributed by atoms with E-state index in [0.29, 0.717) is 37.5 Å². The summed E-state index contributed by atoms with van der Waals surface area (Å²) in [4.78, 5) is 25.3. The predicted molar refractivity (Wildman–Crippen MR) is 93.1 cm³/mol. The van der Waals surface area contributed by atoms with E-state index in [4.69, 9.17) is 5.11 Å². The first-order valence-corrected chi connectivity index (χ1v) is 8.91. The second-order valence-corrected chi connectivity index (χ2v) is 7.24. The molecule has 2 unspecified atom stereocenters. The van der Waals surface area contributed by atoms with E-state index in [1.165, 1.54) is 19.3 Å². The lowest BCUT2D eigenvalue weighted by atomic mass is 9.96. The number of carbonyl (C=O) groups excluding carboxylic acids is 1. The van der Waals surface area contributed by atoms with E-state index in [9.17, 15) is 9.59 Å². The normalized spacial score (nSPS) is 24.8. The molecule has 1 aromatic carbocycles. The molecule has 0 spiro atoms. The van der Waals surface area contributed by atoms with Gasteiger partial charge in [0.15, 0.2) is 0 Å². The van der Waals surface area contributed by atoms with Gasteiger partial charge in [0.05, 0.1) is 5.92 Å². The van der Waals surface area contributed by atoms with Gasteiger partial charge in [0.25, 0.3) is 5.91 Å². The Balaban J connectivity index is 1.55. The lowest BCUT2D eigenvalue weighted by molar-refractivity contribution is -0.143. The number of carboxylic acid groups (broad SMARTS) is 1. The van der Waals surface area contributed by atoms with Crippen LogP contribution in [0.25, 0.3) is 0 Å². The van der Waals surface area contributed by atoms with Crippen LogP contribution < -0.4 is 5.32 Å². The molecular weight excluding hydrogens is 304 g/mol. The van der Waals surface area contributed by atoms with Crippen molar-refractivity contribution in [3.8, 4) is 0 Å².